The Morgan fingerprint density at radius 3 is 2.19 bits per heavy atom. The number of aliphatic hydroxyl groups is 2. The quantitative estimate of drug-likeness (QED) is 0.0529. The number of nitro benzene ring substituents is 1. The van der Waals surface area contributed by atoms with Crippen LogP contribution in [0, 0.1) is 27.9 Å². The fourth-order valence-electron chi connectivity index (χ4n) is 11.7. The van der Waals surface area contributed by atoms with E-state index in [1.54, 1.807) is 47.4 Å². The van der Waals surface area contributed by atoms with Gasteiger partial charge in [0.1, 0.15) is 36.5 Å². The van der Waals surface area contributed by atoms with E-state index in [-0.39, 0.29) is 75.4 Å². The topological polar surface area (TPSA) is 211 Å². The van der Waals surface area contributed by atoms with Gasteiger partial charge in [0.05, 0.1) is 41.8 Å². The molecule has 0 radical (unpaired) electrons. The molecular formula is C59H53N5O13. The largest absolute Gasteiger partial charge is 0.491 e. The van der Waals surface area contributed by atoms with Crippen LogP contribution < -0.4 is 19.1 Å². The average molecular weight is 1040 g/mol. The Morgan fingerprint density at radius 1 is 0.766 bits per heavy atom. The highest BCUT2D eigenvalue weighted by Crippen LogP contribution is 2.67. The van der Waals surface area contributed by atoms with Gasteiger partial charge in [-0.05, 0) is 76.3 Å². The van der Waals surface area contributed by atoms with Gasteiger partial charge in [-0.2, -0.15) is 0 Å². The Morgan fingerprint density at radius 2 is 1.47 bits per heavy atom. The van der Waals surface area contributed by atoms with E-state index in [1.165, 1.54) is 24.3 Å². The second-order valence-electron chi connectivity index (χ2n) is 19.3. The summed E-state index contributed by atoms with van der Waals surface area (Å²) in [6.45, 7) is 0.854. The molecule has 3 saturated heterocycles. The molecule has 0 saturated carbocycles. The first-order chi connectivity index (χ1) is 37.6. The molecule has 77 heavy (non-hydrogen) atoms. The molecule has 392 valence electrons. The lowest BCUT2D eigenvalue weighted by atomic mass is 9.64. The highest BCUT2D eigenvalue weighted by Gasteiger charge is 2.76. The molecule has 18 nitrogen and oxygen atoms in total. The summed E-state index contributed by atoms with van der Waals surface area (Å²) in [6.07, 6.45) is -1.97. The number of hydrogen-bond acceptors (Lipinski definition) is 15. The third kappa shape index (κ3) is 9.26. The maximum Gasteiger partial charge on any atom is 0.421 e. The van der Waals surface area contributed by atoms with Crippen LogP contribution in [0.4, 0.5) is 16.2 Å². The highest BCUT2D eigenvalue weighted by atomic mass is 16.7. The fourth-order valence-corrected chi connectivity index (χ4v) is 11.7. The van der Waals surface area contributed by atoms with Crippen molar-refractivity contribution < 1.29 is 58.0 Å². The van der Waals surface area contributed by atoms with Crippen molar-refractivity contribution in [3.05, 3.63) is 195 Å². The molecule has 18 heteroatoms. The smallest absolute Gasteiger partial charge is 0.421 e. The molecule has 5 heterocycles. The van der Waals surface area contributed by atoms with Gasteiger partial charge < -0.3 is 38.8 Å². The molecule has 2 N–H and O–H groups in total. The minimum Gasteiger partial charge on any atom is -0.491 e. The van der Waals surface area contributed by atoms with Crippen LogP contribution in [0.25, 0.3) is 0 Å². The molecule has 0 bridgehead atoms. The van der Waals surface area contributed by atoms with E-state index in [0.29, 0.717) is 59.0 Å². The summed E-state index contributed by atoms with van der Waals surface area (Å²) in [7, 11) is 0. The number of esters is 1. The zero-order valence-corrected chi connectivity index (χ0v) is 41.6. The second-order valence-corrected chi connectivity index (χ2v) is 19.3. The predicted octanol–water partition coefficient (Wildman–Crippen LogP) is 6.78. The molecule has 0 aromatic heterocycles. The number of benzene rings is 6. The van der Waals surface area contributed by atoms with Crippen LogP contribution in [0.5, 0.6) is 17.2 Å². The van der Waals surface area contributed by atoms with Gasteiger partial charge in [-0.1, -0.05) is 96.8 Å². The lowest BCUT2D eigenvalue weighted by Gasteiger charge is -2.46. The van der Waals surface area contributed by atoms with E-state index in [9.17, 15) is 20.3 Å². The number of hydrogen-bond donors (Lipinski definition) is 2. The van der Waals surface area contributed by atoms with E-state index in [1.807, 2.05) is 83.8 Å². The number of non-ortho nitro benzene ring substituents is 1. The molecule has 0 aliphatic carbocycles. The minimum atomic E-state index is -2.17. The van der Waals surface area contributed by atoms with Crippen LogP contribution in [0.3, 0.4) is 0 Å². The number of carbonyl (C=O) groups excluding carboxylic acids is 4. The summed E-state index contributed by atoms with van der Waals surface area (Å²) in [6, 6.07) is 38.1. The molecule has 6 unspecified atom stereocenters. The number of cyclic esters (lactones) is 1. The van der Waals surface area contributed by atoms with Crippen molar-refractivity contribution in [2.24, 2.45) is 5.92 Å². The summed E-state index contributed by atoms with van der Waals surface area (Å²) in [4.78, 5) is 81.7. The number of rotatable bonds is 13. The number of aliphatic hydroxyl groups excluding tert-OH is 2. The van der Waals surface area contributed by atoms with Crippen LogP contribution >= 0.6 is 0 Å². The normalized spacial score (nSPS) is 22.4. The summed E-state index contributed by atoms with van der Waals surface area (Å²) >= 11 is 0. The number of anilines is 1. The Kier molecular flexibility index (Phi) is 14.2. The molecule has 5 aliphatic rings. The number of para-hydroxylation sites is 1. The Bertz CT molecular complexity index is 3290. The van der Waals surface area contributed by atoms with Crippen molar-refractivity contribution in [3.63, 3.8) is 0 Å². The predicted molar refractivity (Wildman–Crippen MR) is 277 cm³/mol. The number of nitrogens with zero attached hydrogens (tertiary/aromatic N) is 5. The van der Waals surface area contributed by atoms with Crippen molar-refractivity contribution in [1.82, 2.24) is 14.7 Å². The number of nitro groups is 1. The molecule has 1 spiro atoms. The SMILES string of the molecule is O=C1OC(c2ccccc2)C(c2ccccc2)N2C1C(C(=O)N1CCN(Cc3ccc4c(c3)OCO4)CC1)C1(C(=O)N(C(=O)OCc3ccc([N+](=O)[O-])cc3)c3ccc(C#CCCO)cc31)C2c1ccccc1OCCO. The van der Waals surface area contributed by atoms with Crippen molar-refractivity contribution in [2.45, 2.75) is 49.2 Å². The van der Waals surface area contributed by atoms with Crippen molar-refractivity contribution >= 4 is 35.3 Å². The van der Waals surface area contributed by atoms with Gasteiger partial charge in [0.2, 0.25) is 18.6 Å². The highest BCUT2D eigenvalue weighted by molar-refractivity contribution is 6.23. The first-order valence-electron chi connectivity index (χ1n) is 25.4. The average Bonchev–Trinajstić information content (AvgIpc) is 3.09. The van der Waals surface area contributed by atoms with Crippen LogP contribution in [-0.2, 0) is 42.4 Å². The Balaban J connectivity index is 1.11. The first-order valence-corrected chi connectivity index (χ1v) is 25.4. The first kappa shape index (κ1) is 50.6. The van der Waals surface area contributed by atoms with Crippen LogP contribution in [-0.4, -0.2) is 113 Å². The van der Waals surface area contributed by atoms with Crippen molar-refractivity contribution in [3.8, 4) is 29.1 Å². The van der Waals surface area contributed by atoms with Gasteiger partial charge in [0.15, 0.2) is 11.5 Å². The standard InChI is InChI=1S/C59H53N5O13/c65-30-10-9-11-38-20-24-46-45(33-38)59(57(69)62(46)58(70)74-36-39-18-22-43(23-19-39)64(71)72)50(55(67)61-28-26-60(27-29-61)35-40-21-25-48-49(34-40)76-37-75-48)52-56(68)77-53(42-14-5-2-6-15-42)51(41-12-3-1-4-13-41)63(52)54(59)44-16-7-8-17-47(44)73-32-31-66/h1-8,12-25,33-34,50-54,65-66H,10,26-32,35-37H2. The number of ether oxygens (including phenoxy) is 5. The maximum atomic E-state index is 16.8. The molecule has 5 aliphatic heterocycles. The molecule has 3 amide bonds. The molecule has 11 rings (SSSR count). The van der Waals surface area contributed by atoms with E-state index in [4.69, 9.17) is 23.7 Å². The zero-order chi connectivity index (χ0) is 53.2. The number of fused-ring (bicyclic) bond motifs is 4. The zero-order valence-electron chi connectivity index (χ0n) is 41.6. The van der Waals surface area contributed by atoms with Gasteiger partial charge in [-0.15, -0.1) is 0 Å². The molecule has 6 atom stereocenters. The van der Waals surface area contributed by atoms with Crippen LogP contribution in [0.2, 0.25) is 0 Å². The maximum absolute atomic E-state index is 16.8. The lowest BCUT2D eigenvalue weighted by molar-refractivity contribution is -0.384. The number of imide groups is 1. The van der Waals surface area contributed by atoms with Crippen LogP contribution in [0.1, 0.15) is 63.6 Å². The number of piperazine rings is 1. The number of amides is 3. The van der Waals surface area contributed by atoms with E-state index in [2.05, 4.69) is 16.7 Å². The lowest BCUT2D eigenvalue weighted by Crippen LogP contribution is -2.59. The Hall–Kier alpha value is -8.60. The van der Waals surface area contributed by atoms with Gasteiger partial charge in [-0.25, -0.2) is 9.69 Å². The van der Waals surface area contributed by atoms with Crippen molar-refractivity contribution in [2.75, 3.05) is 57.7 Å². The minimum absolute atomic E-state index is 0.0746. The molecule has 6 aromatic carbocycles. The Labute approximate surface area is 443 Å². The molecule has 6 aromatic rings. The summed E-state index contributed by atoms with van der Waals surface area (Å²) in [5, 5.41) is 31.4. The van der Waals surface area contributed by atoms with Gasteiger partial charge >= 0.3 is 12.1 Å². The molecule has 3 fully saturated rings. The van der Waals surface area contributed by atoms with Gasteiger partial charge in [0.25, 0.3) is 5.69 Å². The third-order valence-electron chi connectivity index (χ3n) is 15.0. The summed E-state index contributed by atoms with van der Waals surface area (Å²) in [5.74, 6) is 3.88. The second kappa shape index (κ2) is 21.6. The van der Waals surface area contributed by atoms with E-state index in [0.717, 1.165) is 10.5 Å². The third-order valence-corrected chi connectivity index (χ3v) is 15.0. The van der Waals surface area contributed by atoms with Gasteiger partial charge in [0, 0.05) is 62.4 Å². The van der Waals surface area contributed by atoms with E-state index >= 15 is 19.2 Å². The number of carbonyl (C=O) groups is 4. The summed E-state index contributed by atoms with van der Waals surface area (Å²) < 4.78 is 30.1. The summed E-state index contributed by atoms with van der Waals surface area (Å²) in [5.41, 5.74) is 1.46. The van der Waals surface area contributed by atoms with Crippen LogP contribution in [0.15, 0.2) is 146 Å². The monoisotopic (exact) mass is 1040 g/mol. The van der Waals surface area contributed by atoms with Crippen molar-refractivity contribution in [1.29, 1.82) is 0 Å². The fraction of sp³-hybridized carbons (Fsp3) is 0.288. The molecular weight excluding hydrogens is 987 g/mol. The van der Waals surface area contributed by atoms with Gasteiger partial charge in [-0.3, -0.25) is 34.3 Å². The van der Waals surface area contributed by atoms with E-state index < -0.39 is 64.4 Å². The number of morpholine rings is 1.